The number of hydrogen-bond donors (Lipinski definition) is 2. The Morgan fingerprint density at radius 3 is 2.40 bits per heavy atom. The van der Waals surface area contributed by atoms with Crippen LogP contribution in [0.3, 0.4) is 0 Å². The first-order valence-electron chi connectivity index (χ1n) is 6.60. The van der Waals surface area contributed by atoms with E-state index in [1.54, 1.807) is 6.07 Å². The molecule has 1 aromatic carbocycles. The summed E-state index contributed by atoms with van der Waals surface area (Å²) >= 11 is 0. The Bertz CT molecular complexity index is 597. The second kappa shape index (κ2) is 5.51. The maximum atomic E-state index is 12.0. The summed E-state index contributed by atoms with van der Waals surface area (Å²) in [7, 11) is 0. The van der Waals surface area contributed by atoms with Crippen molar-refractivity contribution in [3.8, 4) is 0 Å². The van der Waals surface area contributed by atoms with Crippen LogP contribution in [0.2, 0.25) is 0 Å². The Labute approximate surface area is 119 Å². The van der Waals surface area contributed by atoms with Gasteiger partial charge in [-0.3, -0.25) is 4.79 Å². The van der Waals surface area contributed by atoms with Crippen molar-refractivity contribution in [3.05, 3.63) is 53.5 Å². The lowest BCUT2D eigenvalue weighted by Gasteiger charge is -2.23. The number of rotatable bonds is 4. The predicted molar refractivity (Wildman–Crippen MR) is 79.9 cm³/mol. The number of furan rings is 1. The molecule has 1 aromatic heterocycles. The minimum atomic E-state index is -0.238. The largest absolute Gasteiger partial charge is 0.459 e. The van der Waals surface area contributed by atoms with Gasteiger partial charge in [-0.1, -0.05) is 26.0 Å². The summed E-state index contributed by atoms with van der Waals surface area (Å²) in [5.41, 5.74) is 8.39. The van der Waals surface area contributed by atoms with Gasteiger partial charge in [0.05, 0.1) is 6.26 Å². The van der Waals surface area contributed by atoms with E-state index in [2.05, 4.69) is 19.2 Å². The molecule has 20 heavy (non-hydrogen) atoms. The Kier molecular flexibility index (Phi) is 3.95. The number of benzene rings is 1. The van der Waals surface area contributed by atoms with E-state index in [1.165, 1.54) is 6.26 Å². The molecule has 2 aromatic rings. The van der Waals surface area contributed by atoms with E-state index in [9.17, 15) is 4.79 Å². The molecule has 0 aliphatic heterocycles. The number of aryl methyl sites for hydroxylation is 1. The van der Waals surface area contributed by atoms with Gasteiger partial charge in [0.1, 0.15) is 0 Å². The van der Waals surface area contributed by atoms with E-state index in [1.807, 2.05) is 31.2 Å². The molecule has 0 radical (unpaired) electrons. The van der Waals surface area contributed by atoms with Gasteiger partial charge in [0.15, 0.2) is 5.76 Å². The SMILES string of the molecule is Cc1ccoc1C(=O)Nc1ccc(C(C)(C)CN)cc1. The van der Waals surface area contributed by atoms with E-state index in [4.69, 9.17) is 10.2 Å². The molecule has 2 rings (SSSR count). The maximum absolute atomic E-state index is 12.0. The number of amides is 1. The van der Waals surface area contributed by atoms with Crippen molar-refractivity contribution < 1.29 is 9.21 Å². The molecule has 0 saturated heterocycles. The molecule has 4 nitrogen and oxygen atoms in total. The summed E-state index contributed by atoms with van der Waals surface area (Å²) in [4.78, 5) is 12.0. The predicted octanol–water partition coefficient (Wildman–Crippen LogP) is 3.08. The highest BCUT2D eigenvalue weighted by Crippen LogP contribution is 2.23. The third kappa shape index (κ3) is 2.91. The molecular formula is C16H20N2O2. The first-order chi connectivity index (χ1) is 9.44. The summed E-state index contributed by atoms with van der Waals surface area (Å²) in [6, 6.07) is 9.49. The summed E-state index contributed by atoms with van der Waals surface area (Å²) in [6.45, 7) is 6.59. The monoisotopic (exact) mass is 272 g/mol. The molecule has 4 heteroatoms. The minimum absolute atomic E-state index is 0.0693. The highest BCUT2D eigenvalue weighted by molar-refractivity contribution is 6.03. The third-order valence-corrected chi connectivity index (χ3v) is 3.50. The molecule has 0 saturated carbocycles. The molecule has 0 bridgehead atoms. The summed E-state index contributed by atoms with van der Waals surface area (Å²) in [5.74, 6) is 0.106. The van der Waals surface area contributed by atoms with E-state index >= 15 is 0 Å². The lowest BCUT2D eigenvalue weighted by atomic mass is 9.85. The highest BCUT2D eigenvalue weighted by atomic mass is 16.3. The fraction of sp³-hybridized carbons (Fsp3) is 0.312. The summed E-state index contributed by atoms with van der Waals surface area (Å²) in [6.07, 6.45) is 1.51. The molecule has 0 aliphatic rings. The van der Waals surface area contributed by atoms with Crippen LogP contribution in [0.25, 0.3) is 0 Å². The van der Waals surface area contributed by atoms with Crippen LogP contribution in [0.1, 0.15) is 35.5 Å². The standard InChI is InChI=1S/C16H20N2O2/c1-11-8-9-20-14(11)15(19)18-13-6-4-12(5-7-13)16(2,3)10-17/h4-9H,10,17H2,1-3H3,(H,18,19). The van der Waals surface area contributed by atoms with Crippen LogP contribution >= 0.6 is 0 Å². The van der Waals surface area contributed by atoms with Crippen LogP contribution in [-0.4, -0.2) is 12.5 Å². The molecular weight excluding hydrogens is 252 g/mol. The van der Waals surface area contributed by atoms with Gasteiger partial charge < -0.3 is 15.5 Å². The van der Waals surface area contributed by atoms with Gasteiger partial charge >= 0.3 is 0 Å². The molecule has 0 atom stereocenters. The van der Waals surface area contributed by atoms with E-state index in [0.29, 0.717) is 12.3 Å². The first-order valence-corrected chi connectivity index (χ1v) is 6.60. The number of nitrogens with one attached hydrogen (secondary N) is 1. The lowest BCUT2D eigenvalue weighted by molar-refractivity contribution is 0.0996. The molecule has 0 spiro atoms. The molecule has 3 N–H and O–H groups in total. The van der Waals surface area contributed by atoms with Gasteiger partial charge in [-0.15, -0.1) is 0 Å². The zero-order valence-corrected chi connectivity index (χ0v) is 12.1. The Balaban J connectivity index is 2.12. The van der Waals surface area contributed by atoms with Crippen molar-refractivity contribution in [2.24, 2.45) is 5.73 Å². The summed E-state index contributed by atoms with van der Waals surface area (Å²) in [5, 5.41) is 2.82. The Morgan fingerprint density at radius 1 is 1.25 bits per heavy atom. The second-order valence-electron chi connectivity index (χ2n) is 5.55. The number of carbonyl (C=O) groups is 1. The van der Waals surface area contributed by atoms with E-state index in [-0.39, 0.29) is 11.3 Å². The zero-order valence-electron chi connectivity index (χ0n) is 12.1. The molecule has 0 aliphatic carbocycles. The van der Waals surface area contributed by atoms with Gasteiger partial charge in [0, 0.05) is 23.2 Å². The maximum Gasteiger partial charge on any atom is 0.291 e. The van der Waals surface area contributed by atoms with Crippen molar-refractivity contribution in [3.63, 3.8) is 0 Å². The van der Waals surface area contributed by atoms with E-state index < -0.39 is 0 Å². The topological polar surface area (TPSA) is 68.3 Å². The van der Waals surface area contributed by atoms with Crippen LogP contribution in [0, 0.1) is 6.92 Å². The fourth-order valence-electron chi connectivity index (χ4n) is 1.92. The smallest absolute Gasteiger partial charge is 0.291 e. The molecule has 1 amide bonds. The average Bonchev–Trinajstić information content (AvgIpc) is 2.85. The van der Waals surface area contributed by atoms with Crippen LogP contribution < -0.4 is 11.1 Å². The molecule has 0 fully saturated rings. The number of carbonyl (C=O) groups excluding carboxylic acids is 1. The van der Waals surface area contributed by atoms with Crippen molar-refractivity contribution >= 4 is 11.6 Å². The van der Waals surface area contributed by atoms with Crippen molar-refractivity contribution in [1.29, 1.82) is 0 Å². The molecule has 106 valence electrons. The Morgan fingerprint density at radius 2 is 1.90 bits per heavy atom. The van der Waals surface area contributed by atoms with Crippen molar-refractivity contribution in [2.75, 3.05) is 11.9 Å². The van der Waals surface area contributed by atoms with Gasteiger partial charge in [-0.2, -0.15) is 0 Å². The van der Waals surface area contributed by atoms with E-state index in [0.717, 1.165) is 16.8 Å². The first kappa shape index (κ1) is 14.3. The average molecular weight is 272 g/mol. The normalized spacial score (nSPS) is 11.4. The lowest BCUT2D eigenvalue weighted by Crippen LogP contribution is -2.27. The quantitative estimate of drug-likeness (QED) is 0.898. The fourth-order valence-corrected chi connectivity index (χ4v) is 1.92. The minimum Gasteiger partial charge on any atom is -0.459 e. The number of nitrogens with two attached hydrogens (primary N) is 1. The summed E-state index contributed by atoms with van der Waals surface area (Å²) < 4.78 is 5.17. The Hall–Kier alpha value is -2.07. The van der Waals surface area contributed by atoms with Crippen LogP contribution in [0.5, 0.6) is 0 Å². The highest BCUT2D eigenvalue weighted by Gasteiger charge is 2.18. The third-order valence-electron chi connectivity index (χ3n) is 3.50. The van der Waals surface area contributed by atoms with Gasteiger partial charge in [-0.05, 0) is 30.7 Å². The zero-order chi connectivity index (χ0) is 14.8. The van der Waals surface area contributed by atoms with Crippen molar-refractivity contribution in [2.45, 2.75) is 26.2 Å². The van der Waals surface area contributed by atoms with Crippen molar-refractivity contribution in [1.82, 2.24) is 0 Å². The van der Waals surface area contributed by atoms with Crippen LogP contribution in [0.15, 0.2) is 41.0 Å². The number of anilines is 1. The molecule has 0 unspecified atom stereocenters. The van der Waals surface area contributed by atoms with Gasteiger partial charge in [0.2, 0.25) is 0 Å². The van der Waals surface area contributed by atoms with Crippen LogP contribution in [0.4, 0.5) is 5.69 Å². The van der Waals surface area contributed by atoms with Gasteiger partial charge in [-0.25, -0.2) is 0 Å². The molecule has 1 heterocycles. The van der Waals surface area contributed by atoms with Gasteiger partial charge in [0.25, 0.3) is 5.91 Å². The van der Waals surface area contributed by atoms with Crippen LogP contribution in [-0.2, 0) is 5.41 Å². The second-order valence-corrected chi connectivity index (χ2v) is 5.55. The number of hydrogen-bond acceptors (Lipinski definition) is 3.